The highest BCUT2D eigenvalue weighted by molar-refractivity contribution is 6.06. The summed E-state index contributed by atoms with van der Waals surface area (Å²) in [6, 6.07) is 8.90. The molecule has 0 bridgehead atoms. The Labute approximate surface area is 173 Å². The van der Waals surface area contributed by atoms with E-state index in [-0.39, 0.29) is 17.4 Å². The molecule has 30 heavy (non-hydrogen) atoms. The number of methoxy groups -OCH3 is 1. The number of benzene rings is 2. The van der Waals surface area contributed by atoms with Gasteiger partial charge in [-0.15, -0.1) is 0 Å². The molecule has 1 aliphatic rings. The van der Waals surface area contributed by atoms with Crippen molar-refractivity contribution in [3.63, 3.8) is 0 Å². The fraction of sp³-hybridized carbons (Fsp3) is 0.333. The highest BCUT2D eigenvalue weighted by atomic mass is 16.6. The maximum absolute atomic E-state index is 12.7. The third-order valence-corrected chi connectivity index (χ3v) is 4.87. The lowest BCUT2D eigenvalue weighted by atomic mass is 9.92. The van der Waals surface area contributed by atoms with Crippen LogP contribution in [0.25, 0.3) is 0 Å². The zero-order valence-electron chi connectivity index (χ0n) is 17.4. The molecule has 0 radical (unpaired) electrons. The molecule has 2 aromatic carbocycles. The predicted octanol–water partition coefficient (Wildman–Crippen LogP) is 4.46. The molecule has 0 saturated heterocycles. The number of carbonyl (C=O) groups excluding carboxylic acids is 2. The number of anilines is 2. The number of amides is 2. The van der Waals surface area contributed by atoms with Gasteiger partial charge in [0, 0.05) is 23.2 Å². The highest BCUT2D eigenvalue weighted by Gasteiger charge is 2.41. The van der Waals surface area contributed by atoms with Crippen LogP contribution < -0.4 is 15.0 Å². The molecule has 0 aromatic heterocycles. The maximum Gasteiger partial charge on any atom is 0.415 e. The van der Waals surface area contributed by atoms with E-state index < -0.39 is 22.5 Å². The lowest BCUT2D eigenvalue weighted by molar-refractivity contribution is -0.383. The quantitative estimate of drug-likeness (QED) is 0.572. The standard InChI is InChI=1S/C21H23N3O6/c1-12(2)23-17-11-18(24(27)28)16(10-15(17)21(3,4)30-20(23)26)22-19(25)13-6-8-14(29-5)9-7-13/h6-12H,1-5H3,(H,22,25). The molecule has 2 aromatic rings. The average Bonchev–Trinajstić information content (AvgIpc) is 2.67. The molecule has 0 spiro atoms. The molecule has 9 heteroatoms. The molecule has 0 fully saturated rings. The predicted molar refractivity (Wildman–Crippen MR) is 111 cm³/mol. The largest absolute Gasteiger partial charge is 0.497 e. The SMILES string of the molecule is COc1ccc(C(=O)Nc2cc3c(cc2[N+](=O)[O-])N(C(C)C)C(=O)OC3(C)C)cc1. The molecule has 0 saturated carbocycles. The van der Waals surface area contributed by atoms with E-state index in [1.165, 1.54) is 24.1 Å². The summed E-state index contributed by atoms with van der Waals surface area (Å²) in [7, 11) is 1.51. The van der Waals surface area contributed by atoms with Crippen LogP contribution in [-0.2, 0) is 10.3 Å². The fourth-order valence-electron chi connectivity index (χ4n) is 3.36. The van der Waals surface area contributed by atoms with Gasteiger partial charge in [-0.25, -0.2) is 4.79 Å². The van der Waals surface area contributed by atoms with Gasteiger partial charge in [-0.2, -0.15) is 0 Å². The van der Waals surface area contributed by atoms with E-state index in [4.69, 9.17) is 9.47 Å². The van der Waals surface area contributed by atoms with Crippen LogP contribution in [0.5, 0.6) is 5.75 Å². The first-order chi connectivity index (χ1) is 14.0. The van der Waals surface area contributed by atoms with Crippen LogP contribution in [0, 0.1) is 10.1 Å². The molecule has 158 valence electrons. The number of nitro groups is 1. The Hall–Kier alpha value is -3.62. The normalized spacial score (nSPS) is 14.7. The molecule has 9 nitrogen and oxygen atoms in total. The Morgan fingerprint density at radius 1 is 1.23 bits per heavy atom. The number of cyclic esters (lactones) is 1. The van der Waals surface area contributed by atoms with Crippen molar-refractivity contribution in [2.24, 2.45) is 0 Å². The minimum atomic E-state index is -1.02. The molecule has 2 amide bonds. The third-order valence-electron chi connectivity index (χ3n) is 4.87. The van der Waals surface area contributed by atoms with Crippen molar-refractivity contribution in [2.45, 2.75) is 39.3 Å². The van der Waals surface area contributed by atoms with Crippen LogP contribution in [0.1, 0.15) is 43.6 Å². The van der Waals surface area contributed by atoms with Gasteiger partial charge in [-0.1, -0.05) is 0 Å². The number of nitro benzene ring substituents is 1. The minimum absolute atomic E-state index is 0.0225. The van der Waals surface area contributed by atoms with Crippen LogP contribution in [0.15, 0.2) is 36.4 Å². The van der Waals surface area contributed by atoms with E-state index in [0.29, 0.717) is 22.6 Å². The summed E-state index contributed by atoms with van der Waals surface area (Å²) in [4.78, 5) is 37.6. The Kier molecular flexibility index (Phi) is 5.39. The molecule has 1 aliphatic heterocycles. The van der Waals surface area contributed by atoms with Gasteiger partial charge in [0.15, 0.2) is 0 Å². The van der Waals surface area contributed by atoms with Crippen molar-refractivity contribution in [3.05, 3.63) is 57.6 Å². The smallest absolute Gasteiger partial charge is 0.415 e. The maximum atomic E-state index is 12.7. The van der Waals surface area contributed by atoms with Crippen molar-refractivity contribution in [1.82, 2.24) is 0 Å². The van der Waals surface area contributed by atoms with E-state index in [2.05, 4.69) is 5.32 Å². The minimum Gasteiger partial charge on any atom is -0.497 e. The zero-order chi connectivity index (χ0) is 22.2. The lowest BCUT2D eigenvalue weighted by Gasteiger charge is -2.40. The summed E-state index contributed by atoms with van der Waals surface area (Å²) in [6.07, 6.45) is -0.577. The zero-order valence-corrected chi connectivity index (χ0v) is 17.4. The molecule has 0 unspecified atom stereocenters. The summed E-state index contributed by atoms with van der Waals surface area (Å²) in [5.74, 6) is 0.0793. The fourth-order valence-corrected chi connectivity index (χ4v) is 3.36. The first-order valence-corrected chi connectivity index (χ1v) is 9.35. The molecule has 1 N–H and O–H groups in total. The second kappa shape index (κ2) is 7.66. The van der Waals surface area contributed by atoms with Crippen LogP contribution in [0.2, 0.25) is 0 Å². The number of hydrogen-bond acceptors (Lipinski definition) is 6. The molecular formula is C21H23N3O6. The van der Waals surface area contributed by atoms with Crippen molar-refractivity contribution in [1.29, 1.82) is 0 Å². The lowest BCUT2D eigenvalue weighted by Crippen LogP contribution is -2.46. The number of nitrogens with one attached hydrogen (secondary N) is 1. The Balaban J connectivity index is 2.08. The second-order valence-electron chi connectivity index (χ2n) is 7.67. The second-order valence-corrected chi connectivity index (χ2v) is 7.67. The van der Waals surface area contributed by atoms with Crippen LogP contribution >= 0.6 is 0 Å². The first kappa shape index (κ1) is 21.1. The van der Waals surface area contributed by atoms with Gasteiger partial charge in [0.1, 0.15) is 17.0 Å². The average molecular weight is 413 g/mol. The number of fused-ring (bicyclic) bond motifs is 1. The van der Waals surface area contributed by atoms with E-state index >= 15 is 0 Å². The number of rotatable bonds is 5. The van der Waals surface area contributed by atoms with Gasteiger partial charge in [0.05, 0.1) is 17.7 Å². The summed E-state index contributed by atoms with van der Waals surface area (Å²) >= 11 is 0. The number of carbonyl (C=O) groups is 2. The van der Waals surface area contributed by atoms with Crippen molar-refractivity contribution >= 4 is 29.1 Å². The monoisotopic (exact) mass is 413 g/mol. The Morgan fingerprint density at radius 2 is 1.87 bits per heavy atom. The van der Waals surface area contributed by atoms with Gasteiger partial charge >= 0.3 is 6.09 Å². The van der Waals surface area contributed by atoms with Crippen molar-refractivity contribution in [2.75, 3.05) is 17.3 Å². The Bertz CT molecular complexity index is 1010. The Morgan fingerprint density at radius 3 is 2.40 bits per heavy atom. The van der Waals surface area contributed by atoms with Gasteiger partial charge in [-0.3, -0.25) is 19.8 Å². The summed E-state index contributed by atoms with van der Waals surface area (Å²) < 4.78 is 10.6. The topological polar surface area (TPSA) is 111 Å². The number of ether oxygens (including phenoxy) is 2. The molecule has 3 rings (SSSR count). The van der Waals surface area contributed by atoms with Crippen molar-refractivity contribution in [3.8, 4) is 5.75 Å². The van der Waals surface area contributed by atoms with Crippen LogP contribution in [0.3, 0.4) is 0 Å². The van der Waals surface area contributed by atoms with Crippen LogP contribution in [-0.4, -0.2) is 30.1 Å². The molecular weight excluding hydrogens is 390 g/mol. The molecule has 0 aliphatic carbocycles. The van der Waals surface area contributed by atoms with Gasteiger partial charge in [-0.05, 0) is 58.0 Å². The molecule has 0 atom stereocenters. The molecule has 1 heterocycles. The van der Waals surface area contributed by atoms with E-state index in [9.17, 15) is 19.7 Å². The summed E-state index contributed by atoms with van der Waals surface area (Å²) in [5, 5.41) is 14.3. The van der Waals surface area contributed by atoms with Gasteiger partial charge in [0.25, 0.3) is 11.6 Å². The van der Waals surface area contributed by atoms with Gasteiger partial charge < -0.3 is 14.8 Å². The van der Waals surface area contributed by atoms with Crippen LogP contribution in [0.4, 0.5) is 21.9 Å². The third kappa shape index (κ3) is 3.78. The highest BCUT2D eigenvalue weighted by Crippen LogP contribution is 2.44. The van der Waals surface area contributed by atoms with Gasteiger partial charge in [0.2, 0.25) is 0 Å². The van der Waals surface area contributed by atoms with Crippen molar-refractivity contribution < 1.29 is 24.0 Å². The van der Waals surface area contributed by atoms with E-state index in [0.717, 1.165) is 0 Å². The van der Waals surface area contributed by atoms with E-state index in [1.807, 2.05) is 0 Å². The summed E-state index contributed by atoms with van der Waals surface area (Å²) in [5.41, 5.74) is -0.0443. The first-order valence-electron chi connectivity index (χ1n) is 9.35. The number of hydrogen-bond donors (Lipinski definition) is 1. The summed E-state index contributed by atoms with van der Waals surface area (Å²) in [6.45, 7) is 6.97. The van der Waals surface area contributed by atoms with E-state index in [1.54, 1.807) is 52.0 Å². The number of nitrogens with zero attached hydrogens (tertiary/aromatic N) is 2.